The summed E-state index contributed by atoms with van der Waals surface area (Å²) < 4.78 is 13.3. The highest BCUT2D eigenvalue weighted by atomic mass is 19.1. The lowest BCUT2D eigenvalue weighted by Gasteiger charge is -2.19. The maximum atomic E-state index is 13.3. The fourth-order valence-electron chi connectivity index (χ4n) is 2.43. The van der Waals surface area contributed by atoms with Gasteiger partial charge in [-0.2, -0.15) is 0 Å². The van der Waals surface area contributed by atoms with Crippen LogP contribution in [0, 0.1) is 24.6 Å². The average Bonchev–Trinajstić information content (AvgIpc) is 2.33. The minimum Gasteiger partial charge on any atom is -0.316 e. The van der Waals surface area contributed by atoms with Crippen molar-refractivity contribution in [2.75, 3.05) is 13.1 Å². The largest absolute Gasteiger partial charge is 0.316 e. The molecule has 1 nitrogen and oxygen atoms in total. The predicted molar refractivity (Wildman–Crippen MR) is 80.9 cm³/mol. The monoisotopic (exact) mass is 265 g/mol. The SMILES string of the molecule is CCCC(CNCC(C)C)Cc1cc(F)ccc1C. The van der Waals surface area contributed by atoms with Crippen LogP contribution in [0.5, 0.6) is 0 Å². The lowest BCUT2D eigenvalue weighted by Crippen LogP contribution is -2.27. The molecule has 0 spiro atoms. The van der Waals surface area contributed by atoms with Crippen molar-refractivity contribution in [2.24, 2.45) is 11.8 Å². The molecule has 0 heterocycles. The van der Waals surface area contributed by atoms with Crippen molar-refractivity contribution in [1.82, 2.24) is 5.32 Å². The van der Waals surface area contributed by atoms with Crippen LogP contribution in [-0.4, -0.2) is 13.1 Å². The highest BCUT2D eigenvalue weighted by molar-refractivity contribution is 5.27. The Labute approximate surface area is 117 Å². The molecule has 0 aliphatic heterocycles. The van der Waals surface area contributed by atoms with Gasteiger partial charge < -0.3 is 5.32 Å². The Morgan fingerprint density at radius 3 is 2.58 bits per heavy atom. The summed E-state index contributed by atoms with van der Waals surface area (Å²) in [6, 6.07) is 5.13. The highest BCUT2D eigenvalue weighted by Crippen LogP contribution is 2.18. The lowest BCUT2D eigenvalue weighted by atomic mass is 9.92. The Kier molecular flexibility index (Phi) is 7.07. The summed E-state index contributed by atoms with van der Waals surface area (Å²) in [5.41, 5.74) is 2.36. The topological polar surface area (TPSA) is 12.0 Å². The molecule has 0 bridgehead atoms. The van der Waals surface area contributed by atoms with E-state index in [2.05, 4.69) is 33.0 Å². The molecule has 19 heavy (non-hydrogen) atoms. The van der Waals surface area contributed by atoms with E-state index in [0.29, 0.717) is 11.8 Å². The standard InChI is InChI=1S/C17H28FN/c1-5-6-15(12-19-11-13(2)3)9-16-10-17(18)8-7-14(16)4/h7-8,10,13,15,19H,5-6,9,11-12H2,1-4H3. The number of hydrogen-bond donors (Lipinski definition) is 1. The van der Waals surface area contributed by atoms with Crippen LogP contribution in [0.1, 0.15) is 44.7 Å². The molecule has 0 fully saturated rings. The van der Waals surface area contributed by atoms with E-state index in [9.17, 15) is 4.39 Å². The molecule has 1 rings (SSSR count). The Morgan fingerprint density at radius 1 is 1.21 bits per heavy atom. The molecule has 2 heteroatoms. The molecule has 1 N–H and O–H groups in total. The minimum absolute atomic E-state index is 0.119. The predicted octanol–water partition coefficient (Wildman–Crippen LogP) is 4.34. The van der Waals surface area contributed by atoms with E-state index in [-0.39, 0.29) is 5.82 Å². The number of benzene rings is 1. The van der Waals surface area contributed by atoms with Crippen molar-refractivity contribution in [2.45, 2.75) is 47.0 Å². The van der Waals surface area contributed by atoms with Gasteiger partial charge in [-0.3, -0.25) is 0 Å². The van der Waals surface area contributed by atoms with E-state index in [1.165, 1.54) is 18.4 Å². The van der Waals surface area contributed by atoms with Crippen molar-refractivity contribution < 1.29 is 4.39 Å². The summed E-state index contributed by atoms with van der Waals surface area (Å²) in [5, 5.41) is 3.53. The first-order valence-corrected chi connectivity index (χ1v) is 7.48. The first-order valence-electron chi connectivity index (χ1n) is 7.48. The summed E-state index contributed by atoms with van der Waals surface area (Å²) in [6.45, 7) is 10.8. The summed E-state index contributed by atoms with van der Waals surface area (Å²) in [5.74, 6) is 1.16. The quantitative estimate of drug-likeness (QED) is 0.737. The number of aryl methyl sites for hydroxylation is 1. The molecule has 0 aliphatic rings. The second-order valence-corrected chi connectivity index (χ2v) is 5.98. The first-order chi connectivity index (χ1) is 9.02. The van der Waals surface area contributed by atoms with Gasteiger partial charge >= 0.3 is 0 Å². The molecule has 1 unspecified atom stereocenters. The normalized spacial score (nSPS) is 12.9. The number of rotatable bonds is 8. The zero-order valence-electron chi connectivity index (χ0n) is 12.8. The number of nitrogens with one attached hydrogen (secondary N) is 1. The summed E-state index contributed by atoms with van der Waals surface area (Å²) in [7, 11) is 0. The smallest absolute Gasteiger partial charge is 0.123 e. The zero-order valence-corrected chi connectivity index (χ0v) is 12.8. The molecule has 1 atom stereocenters. The fourth-order valence-corrected chi connectivity index (χ4v) is 2.43. The van der Waals surface area contributed by atoms with Crippen LogP contribution in [0.2, 0.25) is 0 Å². The van der Waals surface area contributed by atoms with Crippen molar-refractivity contribution in [3.8, 4) is 0 Å². The van der Waals surface area contributed by atoms with E-state index < -0.39 is 0 Å². The third-order valence-electron chi connectivity index (χ3n) is 3.50. The lowest BCUT2D eigenvalue weighted by molar-refractivity contribution is 0.420. The minimum atomic E-state index is -0.119. The third-order valence-corrected chi connectivity index (χ3v) is 3.50. The molecule has 1 aromatic carbocycles. The van der Waals surface area contributed by atoms with Gasteiger partial charge in [-0.05, 0) is 68.0 Å². The van der Waals surface area contributed by atoms with Gasteiger partial charge in [-0.1, -0.05) is 33.3 Å². The van der Waals surface area contributed by atoms with Crippen LogP contribution < -0.4 is 5.32 Å². The second-order valence-electron chi connectivity index (χ2n) is 5.98. The van der Waals surface area contributed by atoms with Gasteiger partial charge in [0.05, 0.1) is 0 Å². The van der Waals surface area contributed by atoms with E-state index in [1.54, 1.807) is 12.1 Å². The number of halogens is 1. The molecular formula is C17H28FN. The molecule has 0 amide bonds. The number of hydrogen-bond acceptors (Lipinski definition) is 1. The van der Waals surface area contributed by atoms with Crippen LogP contribution in [-0.2, 0) is 6.42 Å². The van der Waals surface area contributed by atoms with Crippen LogP contribution >= 0.6 is 0 Å². The molecule has 0 aliphatic carbocycles. The Bertz CT molecular complexity index is 374. The van der Waals surface area contributed by atoms with E-state index in [0.717, 1.165) is 25.1 Å². The van der Waals surface area contributed by atoms with Gasteiger partial charge in [-0.15, -0.1) is 0 Å². The molecule has 0 radical (unpaired) electrons. The molecular weight excluding hydrogens is 237 g/mol. The van der Waals surface area contributed by atoms with Crippen molar-refractivity contribution in [3.63, 3.8) is 0 Å². The van der Waals surface area contributed by atoms with Gasteiger partial charge in [0.15, 0.2) is 0 Å². The van der Waals surface area contributed by atoms with Crippen molar-refractivity contribution in [1.29, 1.82) is 0 Å². The Balaban J connectivity index is 2.58. The summed E-state index contributed by atoms with van der Waals surface area (Å²) in [4.78, 5) is 0. The maximum Gasteiger partial charge on any atom is 0.123 e. The van der Waals surface area contributed by atoms with Crippen LogP contribution in [0.3, 0.4) is 0 Å². The zero-order chi connectivity index (χ0) is 14.3. The Hall–Kier alpha value is -0.890. The van der Waals surface area contributed by atoms with E-state index in [1.807, 2.05) is 6.07 Å². The summed E-state index contributed by atoms with van der Waals surface area (Å²) >= 11 is 0. The van der Waals surface area contributed by atoms with Gasteiger partial charge in [0.2, 0.25) is 0 Å². The van der Waals surface area contributed by atoms with E-state index in [4.69, 9.17) is 0 Å². The van der Waals surface area contributed by atoms with Crippen LogP contribution in [0.15, 0.2) is 18.2 Å². The van der Waals surface area contributed by atoms with Crippen LogP contribution in [0.4, 0.5) is 4.39 Å². The summed E-state index contributed by atoms with van der Waals surface area (Å²) in [6.07, 6.45) is 3.35. The van der Waals surface area contributed by atoms with Gasteiger partial charge in [0.25, 0.3) is 0 Å². The third kappa shape index (κ3) is 6.20. The molecule has 0 saturated heterocycles. The van der Waals surface area contributed by atoms with Gasteiger partial charge in [-0.25, -0.2) is 4.39 Å². The second kappa shape index (κ2) is 8.31. The van der Waals surface area contributed by atoms with Gasteiger partial charge in [0.1, 0.15) is 5.82 Å². The average molecular weight is 265 g/mol. The van der Waals surface area contributed by atoms with E-state index >= 15 is 0 Å². The van der Waals surface area contributed by atoms with Crippen molar-refractivity contribution >= 4 is 0 Å². The van der Waals surface area contributed by atoms with Gasteiger partial charge in [0, 0.05) is 0 Å². The van der Waals surface area contributed by atoms with Crippen molar-refractivity contribution in [3.05, 3.63) is 35.1 Å². The van der Waals surface area contributed by atoms with Crippen LogP contribution in [0.25, 0.3) is 0 Å². The molecule has 0 saturated carbocycles. The molecule has 0 aromatic heterocycles. The molecule has 1 aromatic rings. The maximum absolute atomic E-state index is 13.3. The first kappa shape index (κ1) is 16.2. The Morgan fingerprint density at radius 2 is 1.95 bits per heavy atom. The molecule has 108 valence electrons. The fraction of sp³-hybridized carbons (Fsp3) is 0.647. The highest BCUT2D eigenvalue weighted by Gasteiger charge is 2.11.